The third-order valence-corrected chi connectivity index (χ3v) is 4.51. The van der Waals surface area contributed by atoms with Crippen molar-refractivity contribution in [2.75, 3.05) is 11.9 Å². The van der Waals surface area contributed by atoms with Crippen LogP contribution in [-0.4, -0.2) is 12.5 Å². The van der Waals surface area contributed by atoms with Crippen molar-refractivity contribution < 1.29 is 9.53 Å². The molecule has 0 saturated heterocycles. The van der Waals surface area contributed by atoms with Crippen LogP contribution in [0.2, 0.25) is 0 Å². The number of nitrogens with one attached hydrogen (secondary N) is 1. The van der Waals surface area contributed by atoms with Crippen LogP contribution in [0.5, 0.6) is 5.75 Å². The molecule has 0 bridgehead atoms. The first-order valence-corrected chi connectivity index (χ1v) is 7.84. The summed E-state index contributed by atoms with van der Waals surface area (Å²) in [7, 11) is 0. The normalized spacial score (nSPS) is 14.9. The summed E-state index contributed by atoms with van der Waals surface area (Å²) >= 11 is 1.69. The molecule has 1 amide bonds. The molecule has 1 aliphatic rings. The zero-order valence-corrected chi connectivity index (χ0v) is 13.1. The predicted molar refractivity (Wildman–Crippen MR) is 80.2 cm³/mol. The minimum atomic E-state index is -0.381. The Balaban J connectivity index is 2.29. The van der Waals surface area contributed by atoms with Gasteiger partial charge in [-0.25, -0.2) is 0 Å². The molecule has 0 saturated carbocycles. The van der Waals surface area contributed by atoms with E-state index in [-0.39, 0.29) is 11.3 Å². The first-order valence-electron chi connectivity index (χ1n) is 7.02. The second-order valence-electron chi connectivity index (χ2n) is 6.01. The Morgan fingerprint density at radius 1 is 1.32 bits per heavy atom. The number of ether oxygens (including phenoxy) is 1. The molecule has 0 unspecified atom stereocenters. The van der Waals surface area contributed by atoms with Crippen LogP contribution in [0, 0.1) is 5.41 Å². The maximum Gasteiger partial charge on any atom is 0.230 e. The zero-order valence-electron chi connectivity index (χ0n) is 12.3. The molecule has 1 aromatic rings. The van der Waals surface area contributed by atoms with E-state index in [0.29, 0.717) is 6.61 Å². The lowest BCUT2D eigenvalue weighted by atomic mass is 9.95. The summed E-state index contributed by atoms with van der Waals surface area (Å²) in [5, 5.41) is 3.94. The summed E-state index contributed by atoms with van der Waals surface area (Å²) in [5.74, 6) is 0.965. The van der Waals surface area contributed by atoms with Crippen molar-refractivity contribution in [3.05, 3.63) is 10.4 Å². The number of hydrogen-bond donors (Lipinski definition) is 1. The topological polar surface area (TPSA) is 38.3 Å². The summed E-state index contributed by atoms with van der Waals surface area (Å²) < 4.78 is 5.78. The Morgan fingerprint density at radius 3 is 2.63 bits per heavy atom. The molecule has 1 heterocycles. The molecule has 4 heteroatoms. The number of aryl methyl sites for hydroxylation is 1. The first-order chi connectivity index (χ1) is 8.93. The van der Waals surface area contributed by atoms with Gasteiger partial charge in [0.2, 0.25) is 5.91 Å². The van der Waals surface area contributed by atoms with Gasteiger partial charge in [-0.05, 0) is 32.6 Å². The van der Waals surface area contributed by atoms with Crippen molar-refractivity contribution in [1.29, 1.82) is 0 Å². The second-order valence-corrected chi connectivity index (χ2v) is 7.11. The Kier molecular flexibility index (Phi) is 4.19. The van der Waals surface area contributed by atoms with Crippen LogP contribution in [0.4, 0.5) is 5.00 Å². The SMILES string of the molecule is CCOc1c(NC(=O)C(C)(C)C)sc2c1CCCC2. The molecule has 2 rings (SSSR count). The highest BCUT2D eigenvalue weighted by Gasteiger charge is 2.27. The minimum Gasteiger partial charge on any atom is -0.490 e. The fourth-order valence-electron chi connectivity index (χ4n) is 2.21. The van der Waals surface area contributed by atoms with Crippen molar-refractivity contribution in [1.82, 2.24) is 0 Å². The van der Waals surface area contributed by atoms with Crippen molar-refractivity contribution >= 4 is 22.2 Å². The Morgan fingerprint density at radius 2 is 2.00 bits per heavy atom. The van der Waals surface area contributed by atoms with Gasteiger partial charge in [0, 0.05) is 15.9 Å². The van der Waals surface area contributed by atoms with E-state index in [1.807, 2.05) is 27.7 Å². The van der Waals surface area contributed by atoms with Gasteiger partial charge in [-0.3, -0.25) is 4.79 Å². The molecule has 19 heavy (non-hydrogen) atoms. The van der Waals surface area contributed by atoms with Crippen LogP contribution < -0.4 is 10.1 Å². The largest absolute Gasteiger partial charge is 0.490 e. The third-order valence-electron chi connectivity index (χ3n) is 3.32. The van der Waals surface area contributed by atoms with Gasteiger partial charge < -0.3 is 10.1 Å². The number of carbonyl (C=O) groups is 1. The van der Waals surface area contributed by atoms with Crippen molar-refractivity contribution in [2.24, 2.45) is 5.41 Å². The van der Waals surface area contributed by atoms with Crippen LogP contribution in [0.25, 0.3) is 0 Å². The third kappa shape index (κ3) is 3.11. The minimum absolute atomic E-state index is 0.0482. The Labute approximate surface area is 119 Å². The lowest BCUT2D eigenvalue weighted by molar-refractivity contribution is -0.123. The van der Waals surface area contributed by atoms with Gasteiger partial charge in [0.1, 0.15) is 5.00 Å². The van der Waals surface area contributed by atoms with Crippen molar-refractivity contribution in [3.63, 3.8) is 0 Å². The molecule has 3 nitrogen and oxygen atoms in total. The zero-order chi connectivity index (χ0) is 14.0. The molecule has 0 aromatic carbocycles. The van der Waals surface area contributed by atoms with Crippen molar-refractivity contribution in [3.8, 4) is 5.75 Å². The van der Waals surface area contributed by atoms with Gasteiger partial charge in [-0.15, -0.1) is 11.3 Å². The highest BCUT2D eigenvalue weighted by atomic mass is 32.1. The summed E-state index contributed by atoms with van der Waals surface area (Å²) in [6, 6.07) is 0. The van der Waals surface area contributed by atoms with E-state index in [1.165, 1.54) is 23.3 Å². The molecular weight excluding hydrogens is 258 g/mol. The molecule has 1 aromatic heterocycles. The molecule has 0 radical (unpaired) electrons. The highest BCUT2D eigenvalue weighted by Crippen LogP contribution is 2.44. The molecule has 1 aliphatic carbocycles. The number of amides is 1. The quantitative estimate of drug-likeness (QED) is 0.909. The fourth-order valence-corrected chi connectivity index (χ4v) is 3.44. The maximum atomic E-state index is 12.1. The van der Waals surface area contributed by atoms with Gasteiger partial charge in [-0.1, -0.05) is 20.8 Å². The van der Waals surface area contributed by atoms with E-state index in [9.17, 15) is 4.79 Å². The standard InChI is InChI=1S/C15H23NO2S/c1-5-18-12-10-8-6-7-9-11(10)19-13(12)16-14(17)15(2,3)4/h5-9H2,1-4H3,(H,16,17). The predicted octanol–water partition coefficient (Wildman–Crippen LogP) is 4.01. The van der Waals surface area contributed by atoms with Gasteiger partial charge in [0.05, 0.1) is 6.61 Å². The lowest BCUT2D eigenvalue weighted by Gasteiger charge is -2.18. The number of carbonyl (C=O) groups excluding carboxylic acids is 1. The summed E-state index contributed by atoms with van der Waals surface area (Å²) in [6.07, 6.45) is 4.65. The molecule has 0 aliphatic heterocycles. The number of rotatable bonds is 3. The van der Waals surface area contributed by atoms with Crippen LogP contribution in [0.15, 0.2) is 0 Å². The number of hydrogen-bond acceptors (Lipinski definition) is 3. The number of anilines is 1. The van der Waals surface area contributed by atoms with Crippen LogP contribution >= 0.6 is 11.3 Å². The van der Waals surface area contributed by atoms with E-state index in [2.05, 4.69) is 5.32 Å². The summed E-state index contributed by atoms with van der Waals surface area (Å²) in [5.41, 5.74) is 0.941. The van der Waals surface area contributed by atoms with Gasteiger partial charge >= 0.3 is 0 Å². The van der Waals surface area contributed by atoms with E-state index in [1.54, 1.807) is 11.3 Å². The van der Waals surface area contributed by atoms with Gasteiger partial charge in [0.25, 0.3) is 0 Å². The molecule has 0 atom stereocenters. The average molecular weight is 281 g/mol. The molecule has 1 N–H and O–H groups in total. The number of thiophene rings is 1. The lowest BCUT2D eigenvalue weighted by Crippen LogP contribution is -2.27. The van der Waals surface area contributed by atoms with Gasteiger partial charge in [-0.2, -0.15) is 0 Å². The monoisotopic (exact) mass is 281 g/mol. The summed E-state index contributed by atoms with van der Waals surface area (Å²) in [4.78, 5) is 13.5. The second kappa shape index (κ2) is 5.53. The van der Waals surface area contributed by atoms with E-state index in [4.69, 9.17) is 4.74 Å². The van der Waals surface area contributed by atoms with Crippen LogP contribution in [0.3, 0.4) is 0 Å². The summed E-state index contributed by atoms with van der Waals surface area (Å²) in [6.45, 7) is 8.41. The Hall–Kier alpha value is -1.03. The highest BCUT2D eigenvalue weighted by molar-refractivity contribution is 7.17. The molecular formula is C15H23NO2S. The number of fused-ring (bicyclic) bond motifs is 1. The fraction of sp³-hybridized carbons (Fsp3) is 0.667. The first kappa shape index (κ1) is 14.4. The van der Waals surface area contributed by atoms with Gasteiger partial charge in [0.15, 0.2) is 5.75 Å². The van der Waals surface area contributed by atoms with Crippen LogP contribution in [0.1, 0.15) is 51.0 Å². The molecule has 0 fully saturated rings. The van der Waals surface area contributed by atoms with E-state index >= 15 is 0 Å². The van der Waals surface area contributed by atoms with Crippen molar-refractivity contribution in [2.45, 2.75) is 53.4 Å². The average Bonchev–Trinajstić information content (AvgIpc) is 2.67. The molecule has 106 valence electrons. The van der Waals surface area contributed by atoms with E-state index < -0.39 is 0 Å². The van der Waals surface area contributed by atoms with E-state index in [0.717, 1.165) is 23.6 Å². The Bertz CT molecular complexity index is 471. The smallest absolute Gasteiger partial charge is 0.230 e. The maximum absolute atomic E-state index is 12.1. The van der Waals surface area contributed by atoms with Crippen LogP contribution in [-0.2, 0) is 17.6 Å². The molecule has 0 spiro atoms.